The van der Waals surface area contributed by atoms with Gasteiger partial charge in [0.15, 0.2) is 0 Å². The summed E-state index contributed by atoms with van der Waals surface area (Å²) in [6.45, 7) is 2.05. The number of hydrogen-bond donors (Lipinski definition) is 1. The fourth-order valence-electron chi connectivity index (χ4n) is 2.09. The van der Waals surface area contributed by atoms with Crippen LogP contribution in [0.2, 0.25) is 5.02 Å². The van der Waals surface area contributed by atoms with Crippen molar-refractivity contribution < 1.29 is 9.53 Å². The summed E-state index contributed by atoms with van der Waals surface area (Å²) >= 11 is 7.77. The second-order valence-electron chi connectivity index (χ2n) is 4.61. The van der Waals surface area contributed by atoms with Gasteiger partial charge in [-0.25, -0.2) is 4.79 Å². The zero-order chi connectivity index (χ0) is 14.4. The highest BCUT2D eigenvalue weighted by atomic mass is 35.5. The number of hydrogen-bond acceptors (Lipinski definition) is 3. The number of halogens is 1. The molecule has 1 fully saturated rings. The minimum Gasteiger partial charge on any atom is -0.382 e. The van der Waals surface area contributed by atoms with Crippen LogP contribution < -0.4 is 5.32 Å². The number of rotatable bonds is 4. The van der Waals surface area contributed by atoms with Gasteiger partial charge in [-0.15, -0.1) is 0 Å². The topological polar surface area (TPSA) is 41.6 Å². The molecule has 0 aromatic heterocycles. The van der Waals surface area contributed by atoms with E-state index in [9.17, 15) is 4.79 Å². The Morgan fingerprint density at radius 2 is 2.05 bits per heavy atom. The number of urea groups is 1. The lowest BCUT2D eigenvalue weighted by atomic mass is 10.1. The third-order valence-corrected chi connectivity index (χ3v) is 4.40. The molecule has 1 aromatic carbocycles. The lowest BCUT2D eigenvalue weighted by Crippen LogP contribution is -2.46. The van der Waals surface area contributed by atoms with Gasteiger partial charge in [0.25, 0.3) is 0 Å². The van der Waals surface area contributed by atoms with Crippen molar-refractivity contribution >= 4 is 29.4 Å². The Bertz CT molecular complexity index is 435. The average Bonchev–Trinajstić information content (AvgIpc) is 2.48. The fourth-order valence-corrected chi connectivity index (χ4v) is 3.12. The highest BCUT2D eigenvalue weighted by Crippen LogP contribution is 2.18. The molecule has 1 aliphatic heterocycles. The molecule has 0 spiro atoms. The van der Waals surface area contributed by atoms with Crippen molar-refractivity contribution in [3.8, 4) is 0 Å². The zero-order valence-electron chi connectivity index (χ0n) is 11.5. The van der Waals surface area contributed by atoms with Crippen molar-refractivity contribution in [1.82, 2.24) is 10.2 Å². The minimum absolute atomic E-state index is 0.0256. The Labute approximate surface area is 128 Å². The summed E-state index contributed by atoms with van der Waals surface area (Å²) in [5, 5.41) is 3.72. The van der Waals surface area contributed by atoms with Crippen molar-refractivity contribution in [3.05, 3.63) is 34.9 Å². The van der Waals surface area contributed by atoms with E-state index in [-0.39, 0.29) is 12.1 Å². The van der Waals surface area contributed by atoms with Gasteiger partial charge in [0, 0.05) is 36.7 Å². The Hall–Kier alpha value is -0.910. The molecule has 110 valence electrons. The van der Waals surface area contributed by atoms with E-state index < -0.39 is 0 Å². The van der Waals surface area contributed by atoms with Gasteiger partial charge in [-0.1, -0.05) is 23.7 Å². The molecule has 1 saturated heterocycles. The summed E-state index contributed by atoms with van der Waals surface area (Å²) < 4.78 is 5.21. The predicted octanol–water partition coefficient (Wildman–Crippen LogP) is 2.79. The third-order valence-electron chi connectivity index (χ3n) is 3.20. The molecule has 1 aromatic rings. The smallest absolute Gasteiger partial charge is 0.318 e. The largest absolute Gasteiger partial charge is 0.382 e. The molecule has 1 N–H and O–H groups in total. The van der Waals surface area contributed by atoms with Gasteiger partial charge >= 0.3 is 6.03 Å². The standard InChI is InChI=1S/C14H19ClN2O2S/c1-19-10-13(11-2-4-12(15)5-3-11)16-14(18)17-6-8-20-9-7-17/h2-5,13H,6-10H2,1H3,(H,16,18). The lowest BCUT2D eigenvalue weighted by molar-refractivity contribution is 0.156. The second-order valence-corrected chi connectivity index (χ2v) is 6.27. The van der Waals surface area contributed by atoms with Crippen LogP contribution in [0.4, 0.5) is 4.79 Å². The number of benzene rings is 1. The molecule has 2 amide bonds. The van der Waals surface area contributed by atoms with Gasteiger partial charge in [-0.2, -0.15) is 11.8 Å². The van der Waals surface area contributed by atoms with E-state index in [4.69, 9.17) is 16.3 Å². The molecule has 0 saturated carbocycles. The van der Waals surface area contributed by atoms with Crippen molar-refractivity contribution in [1.29, 1.82) is 0 Å². The number of nitrogens with one attached hydrogen (secondary N) is 1. The van der Waals surface area contributed by atoms with Gasteiger partial charge in [0.05, 0.1) is 12.6 Å². The van der Waals surface area contributed by atoms with Crippen LogP contribution in [0.3, 0.4) is 0 Å². The summed E-state index contributed by atoms with van der Waals surface area (Å²) in [7, 11) is 1.63. The van der Waals surface area contributed by atoms with E-state index in [2.05, 4.69) is 5.32 Å². The van der Waals surface area contributed by atoms with Gasteiger partial charge in [0.2, 0.25) is 0 Å². The Morgan fingerprint density at radius 1 is 1.40 bits per heavy atom. The molecule has 1 aliphatic rings. The van der Waals surface area contributed by atoms with Crippen LogP contribution in [0.5, 0.6) is 0 Å². The quantitative estimate of drug-likeness (QED) is 0.929. The van der Waals surface area contributed by atoms with Crippen molar-refractivity contribution in [2.45, 2.75) is 6.04 Å². The van der Waals surface area contributed by atoms with Crippen LogP contribution in [0.15, 0.2) is 24.3 Å². The third kappa shape index (κ3) is 4.30. The molecule has 4 nitrogen and oxygen atoms in total. The number of ether oxygens (including phenoxy) is 1. The number of nitrogens with zero attached hydrogens (tertiary/aromatic N) is 1. The van der Waals surface area contributed by atoms with Gasteiger partial charge < -0.3 is 15.0 Å². The van der Waals surface area contributed by atoms with Gasteiger partial charge in [-0.05, 0) is 17.7 Å². The van der Waals surface area contributed by atoms with E-state index in [0.717, 1.165) is 30.2 Å². The van der Waals surface area contributed by atoms with Crippen LogP contribution in [-0.2, 0) is 4.74 Å². The maximum Gasteiger partial charge on any atom is 0.318 e. The summed E-state index contributed by atoms with van der Waals surface area (Å²) in [5.41, 5.74) is 0.996. The molecule has 0 aliphatic carbocycles. The minimum atomic E-state index is -0.153. The van der Waals surface area contributed by atoms with E-state index >= 15 is 0 Å². The molecule has 1 atom stereocenters. The zero-order valence-corrected chi connectivity index (χ0v) is 13.0. The summed E-state index contributed by atoms with van der Waals surface area (Å²) in [4.78, 5) is 14.1. The van der Waals surface area contributed by atoms with E-state index in [1.54, 1.807) is 7.11 Å². The maximum atomic E-state index is 12.2. The van der Waals surface area contributed by atoms with E-state index in [1.807, 2.05) is 40.9 Å². The highest BCUT2D eigenvalue weighted by molar-refractivity contribution is 7.99. The molecule has 2 rings (SSSR count). The summed E-state index contributed by atoms with van der Waals surface area (Å²) in [6, 6.07) is 7.30. The number of carbonyl (C=O) groups is 1. The first-order chi connectivity index (χ1) is 9.70. The molecule has 1 heterocycles. The monoisotopic (exact) mass is 314 g/mol. The van der Waals surface area contributed by atoms with Crippen molar-refractivity contribution in [3.63, 3.8) is 0 Å². The van der Waals surface area contributed by atoms with Crippen LogP contribution in [-0.4, -0.2) is 49.2 Å². The fraction of sp³-hybridized carbons (Fsp3) is 0.500. The molecule has 0 radical (unpaired) electrons. The Morgan fingerprint density at radius 3 is 2.65 bits per heavy atom. The molecule has 0 bridgehead atoms. The van der Waals surface area contributed by atoms with Crippen molar-refractivity contribution in [2.75, 3.05) is 38.3 Å². The van der Waals surface area contributed by atoms with E-state index in [1.165, 1.54) is 0 Å². The predicted molar refractivity (Wildman–Crippen MR) is 83.5 cm³/mol. The molecule has 1 unspecified atom stereocenters. The van der Waals surface area contributed by atoms with Crippen LogP contribution in [0.1, 0.15) is 11.6 Å². The second kappa shape index (κ2) is 7.76. The molecule has 20 heavy (non-hydrogen) atoms. The first-order valence-electron chi connectivity index (χ1n) is 6.58. The lowest BCUT2D eigenvalue weighted by Gasteiger charge is -2.29. The molecular weight excluding hydrogens is 296 g/mol. The number of methoxy groups -OCH3 is 1. The summed E-state index contributed by atoms with van der Waals surface area (Å²) in [5.74, 6) is 2.01. The first kappa shape index (κ1) is 15.5. The Kier molecular flexibility index (Phi) is 6.01. The Balaban J connectivity index is 2.01. The van der Waals surface area contributed by atoms with Gasteiger partial charge in [0.1, 0.15) is 0 Å². The maximum absolute atomic E-state index is 12.2. The van der Waals surface area contributed by atoms with Crippen LogP contribution in [0.25, 0.3) is 0 Å². The van der Waals surface area contributed by atoms with Crippen LogP contribution >= 0.6 is 23.4 Å². The normalized spacial score (nSPS) is 16.8. The highest BCUT2D eigenvalue weighted by Gasteiger charge is 2.20. The van der Waals surface area contributed by atoms with Crippen molar-refractivity contribution in [2.24, 2.45) is 0 Å². The van der Waals surface area contributed by atoms with Gasteiger partial charge in [-0.3, -0.25) is 0 Å². The number of thioether (sulfide) groups is 1. The van der Waals surface area contributed by atoms with Crippen LogP contribution in [0, 0.1) is 0 Å². The average molecular weight is 315 g/mol. The number of carbonyl (C=O) groups excluding carboxylic acids is 1. The van der Waals surface area contributed by atoms with E-state index in [0.29, 0.717) is 11.6 Å². The molecule has 6 heteroatoms. The SMILES string of the molecule is COCC(NC(=O)N1CCSCC1)c1ccc(Cl)cc1. The number of amides is 2. The summed E-state index contributed by atoms with van der Waals surface area (Å²) in [6.07, 6.45) is 0. The first-order valence-corrected chi connectivity index (χ1v) is 8.11. The molecular formula is C14H19ClN2O2S.